The average Bonchev–Trinajstić information content (AvgIpc) is 2.46. The molecule has 1 N–H and O–H groups in total. The molecule has 6 heteroatoms. The Labute approximate surface area is 130 Å². The summed E-state index contributed by atoms with van der Waals surface area (Å²) in [6, 6.07) is 5.47. The van der Waals surface area contributed by atoms with E-state index in [4.69, 9.17) is 14.7 Å². The number of ether oxygens (including phenoxy) is 1. The van der Waals surface area contributed by atoms with Crippen LogP contribution in [0.25, 0.3) is 0 Å². The van der Waals surface area contributed by atoms with Crippen molar-refractivity contribution in [3.8, 4) is 11.5 Å². The standard InChI is InChI=1S/C16H23NO5/c1-12-8-9-14(15(11-12)21-3)22-17(13(2)18)10-6-4-5-7-16(19)20/h8-9,11H,4-7,10H2,1-3H3,(H,19,20). The summed E-state index contributed by atoms with van der Waals surface area (Å²) in [4.78, 5) is 27.7. The molecule has 0 unspecified atom stereocenters. The SMILES string of the molecule is COc1cc(C)ccc1ON(CCCCCC(=O)O)C(C)=O. The van der Waals surface area contributed by atoms with E-state index in [1.165, 1.54) is 12.0 Å². The van der Waals surface area contributed by atoms with E-state index in [1.807, 2.05) is 19.1 Å². The number of rotatable bonds is 9. The highest BCUT2D eigenvalue weighted by atomic mass is 16.7. The lowest BCUT2D eigenvalue weighted by molar-refractivity contribution is -0.155. The maximum atomic E-state index is 11.7. The van der Waals surface area contributed by atoms with E-state index < -0.39 is 5.97 Å². The first kappa shape index (κ1) is 17.8. The van der Waals surface area contributed by atoms with Crippen LogP contribution in [0.1, 0.15) is 38.2 Å². The van der Waals surface area contributed by atoms with Crippen LogP contribution >= 0.6 is 0 Å². The number of carbonyl (C=O) groups excluding carboxylic acids is 1. The van der Waals surface area contributed by atoms with Crippen LogP contribution in [0.2, 0.25) is 0 Å². The van der Waals surface area contributed by atoms with Gasteiger partial charge in [-0.05, 0) is 37.5 Å². The molecule has 1 amide bonds. The van der Waals surface area contributed by atoms with E-state index >= 15 is 0 Å². The van der Waals surface area contributed by atoms with Crippen molar-refractivity contribution in [2.75, 3.05) is 13.7 Å². The first-order chi connectivity index (χ1) is 10.4. The normalized spacial score (nSPS) is 10.1. The van der Waals surface area contributed by atoms with Gasteiger partial charge in [-0.25, -0.2) is 0 Å². The van der Waals surface area contributed by atoms with Crippen LogP contribution in [0.15, 0.2) is 18.2 Å². The minimum atomic E-state index is -0.802. The van der Waals surface area contributed by atoms with Crippen LogP contribution in [0.3, 0.4) is 0 Å². The van der Waals surface area contributed by atoms with Gasteiger partial charge in [0.05, 0.1) is 13.7 Å². The van der Waals surface area contributed by atoms with Crippen molar-refractivity contribution < 1.29 is 24.3 Å². The second-order valence-corrected chi connectivity index (χ2v) is 5.07. The van der Waals surface area contributed by atoms with E-state index in [0.29, 0.717) is 30.9 Å². The zero-order valence-corrected chi connectivity index (χ0v) is 13.3. The summed E-state index contributed by atoms with van der Waals surface area (Å²) in [5.74, 6) is 0.0379. The fraction of sp³-hybridized carbons (Fsp3) is 0.500. The fourth-order valence-corrected chi connectivity index (χ4v) is 1.94. The molecule has 0 heterocycles. The number of carbonyl (C=O) groups is 2. The molecule has 6 nitrogen and oxygen atoms in total. The predicted octanol–water partition coefficient (Wildman–Crippen LogP) is 2.79. The summed E-state index contributed by atoms with van der Waals surface area (Å²) in [7, 11) is 1.55. The molecule has 0 atom stereocenters. The molecule has 0 aliphatic carbocycles. The van der Waals surface area contributed by atoms with Crippen molar-refractivity contribution in [1.82, 2.24) is 5.06 Å². The molecule has 22 heavy (non-hydrogen) atoms. The average molecular weight is 309 g/mol. The lowest BCUT2D eigenvalue weighted by atomic mass is 10.2. The summed E-state index contributed by atoms with van der Waals surface area (Å²) in [5, 5.41) is 9.85. The number of aliphatic carboxylic acids is 1. The molecule has 0 saturated heterocycles. The van der Waals surface area contributed by atoms with Gasteiger partial charge >= 0.3 is 5.97 Å². The van der Waals surface area contributed by atoms with E-state index in [9.17, 15) is 9.59 Å². The molecule has 0 aliphatic rings. The molecule has 0 saturated carbocycles. The summed E-state index contributed by atoms with van der Waals surface area (Å²) in [6.07, 6.45) is 2.15. The molecule has 0 aliphatic heterocycles. The molecule has 0 bridgehead atoms. The number of hydroxylamine groups is 2. The van der Waals surface area contributed by atoms with Gasteiger partial charge in [-0.2, -0.15) is 5.06 Å². The van der Waals surface area contributed by atoms with Crippen molar-refractivity contribution in [3.63, 3.8) is 0 Å². The Bertz CT molecular complexity index is 515. The number of benzene rings is 1. The maximum absolute atomic E-state index is 11.7. The van der Waals surface area contributed by atoms with Gasteiger partial charge in [-0.15, -0.1) is 0 Å². The molecule has 0 aromatic heterocycles. The van der Waals surface area contributed by atoms with Crippen LogP contribution in [0, 0.1) is 6.92 Å². The molecule has 1 rings (SSSR count). The van der Waals surface area contributed by atoms with Crippen molar-refractivity contribution in [1.29, 1.82) is 0 Å². The summed E-state index contributed by atoms with van der Waals surface area (Å²) >= 11 is 0. The first-order valence-electron chi connectivity index (χ1n) is 7.26. The zero-order valence-electron chi connectivity index (χ0n) is 13.3. The smallest absolute Gasteiger partial charge is 0.303 e. The van der Waals surface area contributed by atoms with Crippen molar-refractivity contribution >= 4 is 11.9 Å². The molecule has 1 aromatic rings. The van der Waals surface area contributed by atoms with Crippen LogP contribution in [-0.4, -0.2) is 35.7 Å². The Morgan fingerprint density at radius 2 is 1.91 bits per heavy atom. The van der Waals surface area contributed by atoms with E-state index in [1.54, 1.807) is 13.2 Å². The lowest BCUT2D eigenvalue weighted by Gasteiger charge is -2.22. The second kappa shape index (κ2) is 8.92. The number of hydrogen-bond acceptors (Lipinski definition) is 4. The summed E-state index contributed by atoms with van der Waals surface area (Å²) in [6.45, 7) is 3.78. The van der Waals surface area contributed by atoms with Gasteiger partial charge in [0.2, 0.25) is 0 Å². The molecule has 122 valence electrons. The van der Waals surface area contributed by atoms with Gasteiger partial charge < -0.3 is 14.7 Å². The van der Waals surface area contributed by atoms with E-state index in [0.717, 1.165) is 12.0 Å². The molecule has 1 aromatic carbocycles. The van der Waals surface area contributed by atoms with Gasteiger partial charge in [0, 0.05) is 13.3 Å². The predicted molar refractivity (Wildman–Crippen MR) is 81.8 cm³/mol. The third-order valence-corrected chi connectivity index (χ3v) is 3.13. The fourth-order valence-electron chi connectivity index (χ4n) is 1.94. The van der Waals surface area contributed by atoms with Crippen LogP contribution < -0.4 is 9.57 Å². The number of unbranched alkanes of at least 4 members (excludes halogenated alkanes) is 2. The first-order valence-corrected chi connectivity index (χ1v) is 7.26. The van der Waals surface area contributed by atoms with Crippen LogP contribution in [-0.2, 0) is 9.59 Å². The van der Waals surface area contributed by atoms with Gasteiger partial charge in [0.1, 0.15) is 0 Å². The Morgan fingerprint density at radius 3 is 2.50 bits per heavy atom. The molecule has 0 fully saturated rings. The largest absolute Gasteiger partial charge is 0.493 e. The molecule has 0 radical (unpaired) electrons. The monoisotopic (exact) mass is 309 g/mol. The minimum absolute atomic E-state index is 0.146. The summed E-state index contributed by atoms with van der Waals surface area (Å²) < 4.78 is 5.25. The number of hydrogen-bond donors (Lipinski definition) is 1. The van der Waals surface area contributed by atoms with Crippen LogP contribution in [0.4, 0.5) is 0 Å². The van der Waals surface area contributed by atoms with Gasteiger partial charge in [0.15, 0.2) is 11.5 Å². The van der Waals surface area contributed by atoms with E-state index in [-0.39, 0.29) is 12.3 Å². The van der Waals surface area contributed by atoms with Crippen LogP contribution in [0.5, 0.6) is 11.5 Å². The molecular weight excluding hydrogens is 286 g/mol. The minimum Gasteiger partial charge on any atom is -0.493 e. The van der Waals surface area contributed by atoms with Crippen molar-refractivity contribution in [2.45, 2.75) is 39.5 Å². The number of amides is 1. The highest BCUT2D eigenvalue weighted by molar-refractivity contribution is 5.72. The van der Waals surface area contributed by atoms with Gasteiger partial charge in [-0.1, -0.05) is 12.5 Å². The topological polar surface area (TPSA) is 76.1 Å². The Morgan fingerprint density at radius 1 is 1.18 bits per heavy atom. The Kier molecular flexibility index (Phi) is 7.22. The Hall–Kier alpha value is -2.24. The lowest BCUT2D eigenvalue weighted by Crippen LogP contribution is -2.33. The highest BCUT2D eigenvalue weighted by Gasteiger charge is 2.14. The van der Waals surface area contributed by atoms with Gasteiger partial charge in [0.25, 0.3) is 5.91 Å². The number of carboxylic acids is 1. The zero-order chi connectivity index (χ0) is 16.5. The number of carboxylic acid groups (broad SMARTS) is 1. The quantitative estimate of drug-likeness (QED) is 0.561. The highest BCUT2D eigenvalue weighted by Crippen LogP contribution is 2.28. The van der Waals surface area contributed by atoms with Gasteiger partial charge in [-0.3, -0.25) is 9.59 Å². The van der Waals surface area contributed by atoms with E-state index in [2.05, 4.69) is 0 Å². The number of methoxy groups -OCH3 is 1. The number of aryl methyl sites for hydroxylation is 1. The summed E-state index contributed by atoms with van der Waals surface area (Å²) in [5.41, 5.74) is 1.03. The maximum Gasteiger partial charge on any atom is 0.303 e. The third kappa shape index (κ3) is 6.03. The molecular formula is C16H23NO5. The number of nitrogens with zero attached hydrogens (tertiary/aromatic N) is 1. The second-order valence-electron chi connectivity index (χ2n) is 5.07. The Balaban J connectivity index is 2.57. The van der Waals surface area contributed by atoms with Crippen molar-refractivity contribution in [2.24, 2.45) is 0 Å². The molecule has 0 spiro atoms. The third-order valence-electron chi connectivity index (χ3n) is 3.13. The van der Waals surface area contributed by atoms with Crippen molar-refractivity contribution in [3.05, 3.63) is 23.8 Å².